The van der Waals surface area contributed by atoms with Gasteiger partial charge in [-0.2, -0.15) is 4.98 Å². The molecule has 1 aromatic carbocycles. The van der Waals surface area contributed by atoms with Gasteiger partial charge in [0.05, 0.1) is 24.4 Å². The molecule has 6 rings (SSSR count). The van der Waals surface area contributed by atoms with E-state index in [-0.39, 0.29) is 42.1 Å². The normalized spacial score (nSPS) is 23.5. The van der Waals surface area contributed by atoms with Gasteiger partial charge in [0.25, 0.3) is 0 Å². The monoisotopic (exact) mass is 679 g/mol. The van der Waals surface area contributed by atoms with Gasteiger partial charge in [-0.15, -0.1) is 0 Å². The standard InChI is InChI=1S/C35H46FN7O4S/c1-7-33(44)42-12-8-9-28(42)25-14-29(41-17-23(18-41)20-48(6,45)46)26-16-38-32(15-24(26)34(25)21(2)3)39-31-10-11-37-35(40-31)43-19-27(36)30(47-5)13-22(43)4/h7,10-11,14-16,21-23,27-28,30H,1,8-9,12-13,17-20H2,2-6H3,(H,37,38,39,40)/t22-,27+,28+,30-/m0/s1. The van der Waals surface area contributed by atoms with E-state index in [0.717, 1.165) is 40.4 Å². The van der Waals surface area contributed by atoms with E-state index < -0.39 is 22.1 Å². The third kappa shape index (κ3) is 6.84. The smallest absolute Gasteiger partial charge is 0.246 e. The lowest BCUT2D eigenvalue weighted by atomic mass is 9.85. The number of ether oxygens (including phenoxy) is 1. The number of nitrogens with zero attached hydrogens (tertiary/aromatic N) is 6. The highest BCUT2D eigenvalue weighted by atomic mass is 32.2. The van der Waals surface area contributed by atoms with Gasteiger partial charge in [-0.1, -0.05) is 20.4 Å². The minimum absolute atomic E-state index is 0.00287. The molecule has 3 fully saturated rings. The largest absolute Gasteiger partial charge is 0.378 e. The summed E-state index contributed by atoms with van der Waals surface area (Å²) in [6.45, 7) is 12.2. The number of carbonyl (C=O) groups is 1. The maximum absolute atomic E-state index is 14.8. The zero-order valence-electron chi connectivity index (χ0n) is 28.4. The van der Waals surface area contributed by atoms with E-state index >= 15 is 0 Å². The molecule has 11 nitrogen and oxygen atoms in total. The molecule has 3 aliphatic heterocycles. The van der Waals surface area contributed by atoms with E-state index in [1.165, 1.54) is 19.4 Å². The van der Waals surface area contributed by atoms with Gasteiger partial charge in [-0.05, 0) is 72.9 Å². The fourth-order valence-electron chi connectivity index (χ4n) is 7.67. The van der Waals surface area contributed by atoms with Crippen molar-refractivity contribution in [1.82, 2.24) is 19.9 Å². The van der Waals surface area contributed by atoms with E-state index in [0.29, 0.717) is 43.6 Å². The molecule has 3 aliphatic rings. The molecule has 3 aromatic rings. The number of benzene rings is 1. The first-order valence-corrected chi connectivity index (χ1v) is 18.8. The fourth-order valence-corrected chi connectivity index (χ4v) is 8.74. The summed E-state index contributed by atoms with van der Waals surface area (Å²) in [5.41, 5.74) is 3.24. The van der Waals surface area contributed by atoms with Gasteiger partial charge in [0.2, 0.25) is 11.9 Å². The maximum Gasteiger partial charge on any atom is 0.246 e. The third-order valence-corrected chi connectivity index (χ3v) is 11.0. The van der Waals surface area contributed by atoms with Crippen molar-refractivity contribution in [1.29, 1.82) is 0 Å². The van der Waals surface area contributed by atoms with Gasteiger partial charge in [0.1, 0.15) is 27.6 Å². The Kier molecular flexibility index (Phi) is 9.63. The Bertz CT molecular complexity index is 1800. The molecule has 0 bridgehead atoms. The Balaban J connectivity index is 1.38. The SMILES string of the molecule is C=CC(=O)N1CCC[C@@H]1c1cc(N2CC(CS(C)(=O)=O)C2)c2cnc(Nc3ccnc(N4C[C@@H](F)[C@@H](OC)C[C@@H]4C)n3)cc2c1C(C)C. The molecular formula is C35H46FN7O4S. The van der Waals surface area contributed by atoms with Crippen LogP contribution in [0.1, 0.15) is 63.1 Å². The summed E-state index contributed by atoms with van der Waals surface area (Å²) >= 11 is 0. The van der Waals surface area contributed by atoms with Gasteiger partial charge in [-0.3, -0.25) is 4.79 Å². The van der Waals surface area contributed by atoms with Crippen LogP contribution in [0.4, 0.5) is 27.7 Å². The number of fused-ring (bicyclic) bond motifs is 1. The van der Waals surface area contributed by atoms with E-state index in [1.807, 2.05) is 29.0 Å². The number of hydrogen-bond acceptors (Lipinski definition) is 10. The number of anilines is 4. The van der Waals surface area contributed by atoms with Crippen molar-refractivity contribution < 1.29 is 22.3 Å². The highest BCUT2D eigenvalue weighted by molar-refractivity contribution is 7.90. The number of nitrogens with one attached hydrogen (secondary N) is 1. The molecule has 0 unspecified atom stereocenters. The number of sulfone groups is 1. The lowest BCUT2D eigenvalue weighted by molar-refractivity contribution is -0.126. The molecule has 13 heteroatoms. The molecular weight excluding hydrogens is 633 g/mol. The molecule has 0 saturated carbocycles. The number of pyridine rings is 1. The second-order valence-corrected chi connectivity index (χ2v) is 16.0. The molecule has 1 N–H and O–H groups in total. The van der Waals surface area contributed by atoms with Crippen LogP contribution in [0.5, 0.6) is 0 Å². The van der Waals surface area contributed by atoms with Gasteiger partial charge in [0.15, 0.2) is 0 Å². The Morgan fingerprint density at radius 3 is 2.65 bits per heavy atom. The first kappa shape index (κ1) is 34.0. The Morgan fingerprint density at radius 1 is 1.19 bits per heavy atom. The molecule has 3 saturated heterocycles. The number of alkyl halides is 1. The Hall–Kier alpha value is -3.84. The summed E-state index contributed by atoms with van der Waals surface area (Å²) in [7, 11) is -1.55. The number of hydrogen-bond donors (Lipinski definition) is 1. The van der Waals surface area contributed by atoms with Crippen molar-refractivity contribution in [2.45, 2.75) is 70.3 Å². The summed E-state index contributed by atoms with van der Waals surface area (Å²) in [6, 6.07) is 5.90. The zero-order chi connectivity index (χ0) is 34.3. The number of aromatic nitrogens is 3. The molecule has 48 heavy (non-hydrogen) atoms. The van der Waals surface area contributed by atoms with Gasteiger partial charge in [-0.25, -0.2) is 22.8 Å². The quantitative estimate of drug-likeness (QED) is 0.287. The van der Waals surface area contributed by atoms with Crippen molar-refractivity contribution in [3.8, 4) is 0 Å². The van der Waals surface area contributed by atoms with Crippen molar-refractivity contribution in [3.63, 3.8) is 0 Å². The van der Waals surface area contributed by atoms with E-state index in [2.05, 4.69) is 41.7 Å². The highest BCUT2D eigenvalue weighted by Crippen LogP contribution is 2.45. The minimum atomic E-state index is -3.09. The van der Waals surface area contributed by atoms with Crippen LogP contribution in [0.25, 0.3) is 10.8 Å². The Labute approximate surface area is 282 Å². The molecule has 4 atom stereocenters. The summed E-state index contributed by atoms with van der Waals surface area (Å²) in [5.74, 6) is 1.84. The third-order valence-electron chi connectivity index (χ3n) is 9.90. The first-order chi connectivity index (χ1) is 22.9. The van der Waals surface area contributed by atoms with Gasteiger partial charge < -0.3 is 24.8 Å². The minimum Gasteiger partial charge on any atom is -0.378 e. The number of amides is 1. The van der Waals surface area contributed by atoms with Crippen LogP contribution in [-0.2, 0) is 19.4 Å². The molecule has 1 amide bonds. The number of methoxy groups -OCH3 is 1. The van der Waals surface area contributed by atoms with Crippen molar-refractivity contribution in [2.75, 3.05) is 60.4 Å². The average molecular weight is 680 g/mol. The van der Waals surface area contributed by atoms with E-state index in [9.17, 15) is 17.6 Å². The second kappa shape index (κ2) is 13.6. The molecule has 0 spiro atoms. The summed E-state index contributed by atoms with van der Waals surface area (Å²) in [6.07, 6.45) is 6.89. The highest BCUT2D eigenvalue weighted by Gasteiger charge is 2.37. The van der Waals surface area contributed by atoms with E-state index in [1.54, 1.807) is 12.3 Å². The maximum atomic E-state index is 14.8. The number of piperidine rings is 1. The second-order valence-electron chi connectivity index (χ2n) is 13.8. The fraction of sp³-hybridized carbons (Fsp3) is 0.543. The Morgan fingerprint density at radius 2 is 1.96 bits per heavy atom. The predicted molar refractivity (Wildman–Crippen MR) is 188 cm³/mol. The van der Waals surface area contributed by atoms with Crippen molar-refractivity contribution in [3.05, 3.63) is 54.4 Å². The number of halogens is 1. The predicted octanol–water partition coefficient (Wildman–Crippen LogP) is 5.17. The summed E-state index contributed by atoms with van der Waals surface area (Å²) in [5, 5.41) is 5.34. The topological polar surface area (TPSA) is 121 Å². The lowest BCUT2D eigenvalue weighted by Gasteiger charge is -2.42. The van der Waals surface area contributed by atoms with Crippen molar-refractivity contribution in [2.24, 2.45) is 5.92 Å². The number of carbonyl (C=O) groups excluding carboxylic acids is 1. The van der Waals surface area contributed by atoms with Gasteiger partial charge >= 0.3 is 0 Å². The van der Waals surface area contributed by atoms with Gasteiger partial charge in [0, 0.05) is 68.4 Å². The number of rotatable bonds is 10. The molecule has 5 heterocycles. The molecule has 0 aliphatic carbocycles. The van der Waals surface area contributed by atoms with E-state index in [4.69, 9.17) is 14.7 Å². The van der Waals surface area contributed by atoms with Crippen LogP contribution in [0.2, 0.25) is 0 Å². The van der Waals surface area contributed by atoms with Crippen LogP contribution in [0.3, 0.4) is 0 Å². The summed E-state index contributed by atoms with van der Waals surface area (Å²) < 4.78 is 44.1. The number of likely N-dealkylation sites (tertiary alicyclic amines) is 1. The van der Waals surface area contributed by atoms with Crippen LogP contribution in [0.15, 0.2) is 43.2 Å². The van der Waals surface area contributed by atoms with Crippen LogP contribution in [0, 0.1) is 5.92 Å². The summed E-state index contributed by atoms with van der Waals surface area (Å²) in [4.78, 5) is 32.9. The first-order valence-electron chi connectivity index (χ1n) is 16.7. The molecule has 0 radical (unpaired) electrons. The lowest BCUT2D eigenvalue weighted by Crippen LogP contribution is -2.51. The average Bonchev–Trinajstić information content (AvgIpc) is 3.52. The molecule has 258 valence electrons. The molecule has 2 aromatic heterocycles. The van der Waals surface area contributed by atoms with Crippen LogP contribution in [-0.4, -0.2) is 97.8 Å². The van der Waals surface area contributed by atoms with Crippen LogP contribution < -0.4 is 15.1 Å². The van der Waals surface area contributed by atoms with Crippen molar-refractivity contribution >= 4 is 49.8 Å². The van der Waals surface area contributed by atoms with Crippen LogP contribution >= 0.6 is 0 Å². The zero-order valence-corrected chi connectivity index (χ0v) is 29.2.